The Morgan fingerprint density at radius 1 is 1.62 bits per heavy atom. The highest BCUT2D eigenvalue weighted by Gasteiger charge is 2.05. The molecule has 0 radical (unpaired) electrons. The number of aliphatic hydroxyl groups excluding tert-OH is 1. The standard InChI is InChI=1S/C6H12O2/c1-4-8-6(7)5(2)3/h4-7H,1H2,2-3H3. The molecule has 0 aromatic rings. The topological polar surface area (TPSA) is 29.5 Å². The molecule has 0 heterocycles. The smallest absolute Gasteiger partial charge is 0.198 e. The molecule has 2 nitrogen and oxygen atoms in total. The van der Waals surface area contributed by atoms with Gasteiger partial charge in [0.1, 0.15) is 0 Å². The highest BCUT2D eigenvalue weighted by molar-refractivity contribution is 4.54. The van der Waals surface area contributed by atoms with E-state index in [2.05, 4.69) is 11.3 Å². The van der Waals surface area contributed by atoms with E-state index in [0.29, 0.717) is 0 Å². The third kappa shape index (κ3) is 2.64. The fourth-order valence-corrected chi connectivity index (χ4v) is 0.256. The van der Waals surface area contributed by atoms with E-state index in [0.717, 1.165) is 0 Å². The van der Waals surface area contributed by atoms with Gasteiger partial charge in [-0.2, -0.15) is 0 Å². The lowest BCUT2D eigenvalue weighted by Gasteiger charge is -2.12. The van der Waals surface area contributed by atoms with Gasteiger partial charge in [0, 0.05) is 5.92 Å². The SMILES string of the molecule is C=COC(O)C(C)C. The highest BCUT2D eigenvalue weighted by atomic mass is 16.6. The molecule has 0 aliphatic carbocycles. The number of hydrogen-bond donors (Lipinski definition) is 1. The van der Waals surface area contributed by atoms with E-state index in [1.165, 1.54) is 6.26 Å². The summed E-state index contributed by atoms with van der Waals surface area (Å²) >= 11 is 0. The van der Waals surface area contributed by atoms with Crippen molar-refractivity contribution in [3.05, 3.63) is 12.8 Å². The second-order valence-electron chi connectivity index (χ2n) is 1.94. The molecular formula is C6H12O2. The lowest BCUT2D eigenvalue weighted by atomic mass is 10.2. The van der Waals surface area contributed by atoms with Crippen LogP contribution < -0.4 is 0 Å². The lowest BCUT2D eigenvalue weighted by Crippen LogP contribution is -2.15. The number of ether oxygens (including phenoxy) is 1. The van der Waals surface area contributed by atoms with Crippen molar-refractivity contribution in [3.63, 3.8) is 0 Å². The Labute approximate surface area is 49.8 Å². The van der Waals surface area contributed by atoms with Crippen LogP contribution in [0, 0.1) is 5.92 Å². The first-order valence-corrected chi connectivity index (χ1v) is 2.63. The zero-order valence-corrected chi connectivity index (χ0v) is 5.29. The van der Waals surface area contributed by atoms with Crippen molar-refractivity contribution in [2.75, 3.05) is 0 Å². The van der Waals surface area contributed by atoms with Gasteiger partial charge in [-0.15, -0.1) is 0 Å². The monoisotopic (exact) mass is 116 g/mol. The van der Waals surface area contributed by atoms with Crippen LogP contribution in [-0.2, 0) is 4.74 Å². The van der Waals surface area contributed by atoms with Crippen LogP contribution in [-0.4, -0.2) is 11.4 Å². The largest absolute Gasteiger partial charge is 0.473 e. The second-order valence-corrected chi connectivity index (χ2v) is 1.94. The van der Waals surface area contributed by atoms with Crippen LogP contribution in [0.3, 0.4) is 0 Å². The first kappa shape index (κ1) is 7.50. The van der Waals surface area contributed by atoms with Crippen LogP contribution in [0.4, 0.5) is 0 Å². The Morgan fingerprint density at radius 3 is 2.25 bits per heavy atom. The quantitative estimate of drug-likeness (QED) is 0.442. The van der Waals surface area contributed by atoms with Gasteiger partial charge in [0.2, 0.25) is 0 Å². The molecule has 0 saturated heterocycles. The minimum Gasteiger partial charge on any atom is -0.473 e. The van der Waals surface area contributed by atoms with Gasteiger partial charge < -0.3 is 9.84 Å². The summed E-state index contributed by atoms with van der Waals surface area (Å²) in [5, 5.41) is 8.83. The van der Waals surface area contributed by atoms with E-state index in [1.807, 2.05) is 13.8 Å². The molecule has 0 rings (SSSR count). The summed E-state index contributed by atoms with van der Waals surface area (Å²) in [7, 11) is 0. The van der Waals surface area contributed by atoms with Gasteiger partial charge >= 0.3 is 0 Å². The Balaban J connectivity index is 3.30. The molecule has 0 aromatic heterocycles. The molecule has 0 amide bonds. The molecular weight excluding hydrogens is 104 g/mol. The van der Waals surface area contributed by atoms with E-state index < -0.39 is 6.29 Å². The van der Waals surface area contributed by atoms with Gasteiger partial charge in [0.25, 0.3) is 0 Å². The van der Waals surface area contributed by atoms with Crippen LogP contribution >= 0.6 is 0 Å². The molecule has 0 bridgehead atoms. The summed E-state index contributed by atoms with van der Waals surface area (Å²) in [5.74, 6) is 0.132. The summed E-state index contributed by atoms with van der Waals surface area (Å²) in [4.78, 5) is 0. The summed E-state index contributed by atoms with van der Waals surface area (Å²) in [6, 6.07) is 0. The summed E-state index contributed by atoms with van der Waals surface area (Å²) < 4.78 is 4.62. The fraction of sp³-hybridized carbons (Fsp3) is 0.667. The van der Waals surface area contributed by atoms with Crippen molar-refractivity contribution in [2.45, 2.75) is 20.1 Å². The first-order chi connectivity index (χ1) is 3.68. The average molecular weight is 116 g/mol. The Kier molecular flexibility index (Phi) is 3.28. The van der Waals surface area contributed by atoms with Crippen LogP contribution in [0.5, 0.6) is 0 Å². The zero-order valence-electron chi connectivity index (χ0n) is 5.29. The average Bonchev–Trinajstić information content (AvgIpc) is 1.67. The molecule has 48 valence electrons. The molecule has 0 spiro atoms. The predicted octanol–water partition coefficient (Wildman–Crippen LogP) is 1.12. The summed E-state index contributed by atoms with van der Waals surface area (Å²) in [6.07, 6.45) is 0.539. The molecule has 8 heavy (non-hydrogen) atoms. The van der Waals surface area contributed by atoms with Crippen LogP contribution in [0.1, 0.15) is 13.8 Å². The van der Waals surface area contributed by atoms with Gasteiger partial charge in [-0.1, -0.05) is 20.4 Å². The molecule has 2 heteroatoms. The summed E-state index contributed by atoms with van der Waals surface area (Å²) in [6.45, 7) is 7.04. The second kappa shape index (κ2) is 3.50. The molecule has 1 N–H and O–H groups in total. The van der Waals surface area contributed by atoms with Crippen LogP contribution in [0.15, 0.2) is 12.8 Å². The van der Waals surface area contributed by atoms with Crippen molar-refractivity contribution in [1.29, 1.82) is 0 Å². The maximum absolute atomic E-state index is 8.83. The fourth-order valence-electron chi connectivity index (χ4n) is 0.256. The summed E-state index contributed by atoms with van der Waals surface area (Å²) in [5.41, 5.74) is 0. The number of aliphatic hydroxyl groups is 1. The predicted molar refractivity (Wildman–Crippen MR) is 32.1 cm³/mol. The van der Waals surface area contributed by atoms with E-state index in [9.17, 15) is 0 Å². The third-order valence-electron chi connectivity index (χ3n) is 0.806. The zero-order chi connectivity index (χ0) is 6.57. The van der Waals surface area contributed by atoms with Crippen LogP contribution in [0.2, 0.25) is 0 Å². The first-order valence-electron chi connectivity index (χ1n) is 2.63. The Hall–Kier alpha value is -0.500. The van der Waals surface area contributed by atoms with E-state index >= 15 is 0 Å². The maximum Gasteiger partial charge on any atom is 0.198 e. The Bertz CT molecular complexity index is 68.9. The van der Waals surface area contributed by atoms with Gasteiger partial charge in [-0.3, -0.25) is 0 Å². The normalized spacial score (nSPS) is 13.5. The van der Waals surface area contributed by atoms with Gasteiger partial charge in [-0.25, -0.2) is 0 Å². The van der Waals surface area contributed by atoms with Gasteiger partial charge in [0.05, 0.1) is 6.26 Å². The van der Waals surface area contributed by atoms with Crippen molar-refractivity contribution in [1.82, 2.24) is 0 Å². The molecule has 0 aliphatic heterocycles. The highest BCUT2D eigenvalue weighted by Crippen LogP contribution is 2.01. The van der Waals surface area contributed by atoms with E-state index in [4.69, 9.17) is 5.11 Å². The minimum atomic E-state index is -0.701. The molecule has 0 aliphatic rings. The number of hydrogen-bond acceptors (Lipinski definition) is 2. The Morgan fingerprint density at radius 2 is 2.12 bits per heavy atom. The molecule has 0 aromatic carbocycles. The van der Waals surface area contributed by atoms with E-state index in [-0.39, 0.29) is 5.92 Å². The van der Waals surface area contributed by atoms with Gasteiger partial charge in [-0.05, 0) is 0 Å². The van der Waals surface area contributed by atoms with Crippen molar-refractivity contribution in [3.8, 4) is 0 Å². The van der Waals surface area contributed by atoms with Gasteiger partial charge in [0.15, 0.2) is 6.29 Å². The molecule has 0 saturated carbocycles. The van der Waals surface area contributed by atoms with E-state index in [1.54, 1.807) is 0 Å². The molecule has 1 unspecified atom stereocenters. The van der Waals surface area contributed by atoms with Crippen LogP contribution in [0.25, 0.3) is 0 Å². The molecule has 0 fully saturated rings. The third-order valence-corrected chi connectivity index (χ3v) is 0.806. The maximum atomic E-state index is 8.83. The molecule has 1 atom stereocenters. The lowest BCUT2D eigenvalue weighted by molar-refractivity contribution is -0.0821. The number of rotatable bonds is 3. The van der Waals surface area contributed by atoms with Crippen molar-refractivity contribution < 1.29 is 9.84 Å². The minimum absolute atomic E-state index is 0.132. The van der Waals surface area contributed by atoms with Crippen molar-refractivity contribution in [2.24, 2.45) is 5.92 Å². The van der Waals surface area contributed by atoms with Crippen molar-refractivity contribution >= 4 is 0 Å².